The maximum absolute atomic E-state index is 3.26. The van der Waals surface area contributed by atoms with Gasteiger partial charge in [-0.1, -0.05) is 42.2 Å². The summed E-state index contributed by atoms with van der Waals surface area (Å²) in [4.78, 5) is 2.09. The molecule has 0 aromatic heterocycles. The summed E-state index contributed by atoms with van der Waals surface area (Å²) in [7, 11) is 4.07. The van der Waals surface area contributed by atoms with Gasteiger partial charge in [0.05, 0.1) is 5.69 Å². The molecule has 0 fully saturated rings. The van der Waals surface area contributed by atoms with E-state index in [-0.39, 0.29) is 0 Å². The molecule has 0 unspecified atom stereocenters. The van der Waals surface area contributed by atoms with Gasteiger partial charge in [-0.2, -0.15) is 0 Å². The first-order chi connectivity index (χ1) is 8.68. The van der Waals surface area contributed by atoms with E-state index in [1.807, 2.05) is 38.4 Å². The van der Waals surface area contributed by atoms with E-state index in [0.717, 1.165) is 16.8 Å². The number of hydrogen-bond donors (Lipinski definition) is 0. The highest BCUT2D eigenvalue weighted by Gasteiger charge is 2.00. The van der Waals surface area contributed by atoms with Crippen molar-refractivity contribution in [2.24, 2.45) is 0 Å². The van der Waals surface area contributed by atoms with E-state index < -0.39 is 0 Å². The third-order valence-electron chi connectivity index (χ3n) is 2.86. The molecule has 1 nitrogen and oxygen atoms in total. The van der Waals surface area contributed by atoms with Gasteiger partial charge in [0.15, 0.2) is 0 Å². The monoisotopic (exact) mass is 235 g/mol. The van der Waals surface area contributed by atoms with Gasteiger partial charge in [-0.05, 0) is 30.7 Å². The van der Waals surface area contributed by atoms with Gasteiger partial charge in [0.2, 0.25) is 0 Å². The zero-order valence-corrected chi connectivity index (χ0v) is 11.1. The van der Waals surface area contributed by atoms with Crippen LogP contribution >= 0.6 is 0 Å². The lowest BCUT2D eigenvalue weighted by Crippen LogP contribution is -2.10. The van der Waals surface area contributed by atoms with Crippen molar-refractivity contribution in [3.63, 3.8) is 0 Å². The first-order valence-electron chi connectivity index (χ1n) is 6.02. The third kappa shape index (κ3) is 2.73. The zero-order valence-electron chi connectivity index (χ0n) is 11.1. The second kappa shape index (κ2) is 5.42. The molecule has 0 saturated heterocycles. The Kier molecular flexibility index (Phi) is 3.69. The molecule has 0 aliphatic rings. The Bertz CT molecular complexity index is 600. The Morgan fingerprint density at radius 1 is 0.778 bits per heavy atom. The number of anilines is 1. The van der Waals surface area contributed by atoms with Gasteiger partial charge in [-0.3, -0.25) is 0 Å². The van der Waals surface area contributed by atoms with Crippen molar-refractivity contribution in [2.45, 2.75) is 6.92 Å². The SMILES string of the molecule is Cc1ccccc1C#Cc1ccccc1N(C)C. The van der Waals surface area contributed by atoms with E-state index in [1.54, 1.807) is 0 Å². The lowest BCUT2D eigenvalue weighted by molar-refractivity contribution is 1.13. The molecule has 0 bridgehead atoms. The predicted molar refractivity (Wildman–Crippen MR) is 77.9 cm³/mol. The topological polar surface area (TPSA) is 3.24 Å². The second-order valence-corrected chi connectivity index (χ2v) is 4.48. The molecule has 0 aliphatic carbocycles. The molecule has 0 atom stereocenters. The molecule has 0 saturated carbocycles. The van der Waals surface area contributed by atoms with Crippen LogP contribution in [-0.2, 0) is 0 Å². The molecule has 18 heavy (non-hydrogen) atoms. The predicted octanol–water partition coefficient (Wildman–Crippen LogP) is 3.46. The number of rotatable bonds is 1. The molecule has 0 N–H and O–H groups in total. The third-order valence-corrected chi connectivity index (χ3v) is 2.86. The summed E-state index contributed by atoms with van der Waals surface area (Å²) in [5, 5.41) is 0. The molecule has 0 heterocycles. The summed E-state index contributed by atoms with van der Waals surface area (Å²) in [5.74, 6) is 6.51. The highest BCUT2D eigenvalue weighted by Crippen LogP contribution is 2.16. The number of aryl methyl sites for hydroxylation is 1. The number of nitrogens with zero attached hydrogens (tertiary/aromatic N) is 1. The van der Waals surface area contributed by atoms with Gasteiger partial charge in [-0.15, -0.1) is 0 Å². The van der Waals surface area contributed by atoms with Crippen molar-refractivity contribution in [3.05, 3.63) is 65.2 Å². The quantitative estimate of drug-likeness (QED) is 0.684. The molecule has 2 rings (SSSR count). The van der Waals surface area contributed by atoms with Gasteiger partial charge in [-0.25, -0.2) is 0 Å². The Labute approximate surface area is 109 Å². The van der Waals surface area contributed by atoms with Crippen LogP contribution in [0.2, 0.25) is 0 Å². The van der Waals surface area contributed by atoms with Gasteiger partial charge in [0.25, 0.3) is 0 Å². The molecule has 2 aromatic rings. The normalized spacial score (nSPS) is 9.50. The molecule has 1 heteroatoms. The first kappa shape index (κ1) is 12.3. The van der Waals surface area contributed by atoms with Crippen LogP contribution in [0.4, 0.5) is 5.69 Å². The van der Waals surface area contributed by atoms with Crippen LogP contribution in [-0.4, -0.2) is 14.1 Å². The van der Waals surface area contributed by atoms with E-state index in [0.29, 0.717) is 0 Å². The van der Waals surface area contributed by atoms with E-state index in [1.165, 1.54) is 5.56 Å². The fourth-order valence-electron chi connectivity index (χ4n) is 1.82. The molecular weight excluding hydrogens is 218 g/mol. The lowest BCUT2D eigenvalue weighted by Gasteiger charge is -2.13. The van der Waals surface area contributed by atoms with Gasteiger partial charge in [0, 0.05) is 25.2 Å². The van der Waals surface area contributed by atoms with Crippen molar-refractivity contribution < 1.29 is 0 Å². The fraction of sp³-hybridized carbons (Fsp3) is 0.176. The second-order valence-electron chi connectivity index (χ2n) is 4.48. The highest BCUT2D eigenvalue weighted by molar-refractivity contribution is 5.61. The summed E-state index contributed by atoms with van der Waals surface area (Å²) in [5.41, 5.74) is 4.52. The van der Waals surface area contributed by atoms with E-state index in [4.69, 9.17) is 0 Å². The Morgan fingerprint density at radius 2 is 1.33 bits per heavy atom. The fourth-order valence-corrected chi connectivity index (χ4v) is 1.82. The average molecular weight is 235 g/mol. The minimum atomic E-state index is 1.06. The Hall–Kier alpha value is -2.20. The number of benzene rings is 2. The molecule has 0 spiro atoms. The van der Waals surface area contributed by atoms with Gasteiger partial charge >= 0.3 is 0 Å². The van der Waals surface area contributed by atoms with Crippen molar-refractivity contribution >= 4 is 5.69 Å². The minimum Gasteiger partial charge on any atom is -0.377 e. The van der Waals surface area contributed by atoms with Crippen molar-refractivity contribution in [1.82, 2.24) is 0 Å². The maximum Gasteiger partial charge on any atom is 0.0520 e. The smallest absolute Gasteiger partial charge is 0.0520 e. The first-order valence-corrected chi connectivity index (χ1v) is 6.02. The molecule has 0 amide bonds. The van der Waals surface area contributed by atoms with E-state index in [2.05, 4.69) is 47.9 Å². The van der Waals surface area contributed by atoms with Crippen LogP contribution in [0.1, 0.15) is 16.7 Å². The lowest BCUT2D eigenvalue weighted by atomic mass is 10.1. The number of hydrogen-bond acceptors (Lipinski definition) is 1. The van der Waals surface area contributed by atoms with Crippen molar-refractivity contribution in [1.29, 1.82) is 0 Å². The Morgan fingerprint density at radius 3 is 2.00 bits per heavy atom. The van der Waals surface area contributed by atoms with Crippen molar-refractivity contribution in [3.8, 4) is 11.8 Å². The molecule has 2 aromatic carbocycles. The summed E-state index contributed by atoms with van der Waals surface area (Å²) >= 11 is 0. The summed E-state index contributed by atoms with van der Waals surface area (Å²) in [6.45, 7) is 2.09. The van der Waals surface area contributed by atoms with Gasteiger partial charge in [0.1, 0.15) is 0 Å². The Balaban J connectivity index is 2.39. The largest absolute Gasteiger partial charge is 0.377 e. The standard InChI is InChI=1S/C17H17N/c1-14-8-4-5-9-15(14)12-13-16-10-6-7-11-17(16)18(2)3/h4-11H,1-3H3. The van der Waals surface area contributed by atoms with Crippen LogP contribution in [0, 0.1) is 18.8 Å². The highest BCUT2D eigenvalue weighted by atomic mass is 15.1. The van der Waals surface area contributed by atoms with Crippen LogP contribution in [0.15, 0.2) is 48.5 Å². The number of para-hydroxylation sites is 1. The van der Waals surface area contributed by atoms with Crippen LogP contribution in [0.5, 0.6) is 0 Å². The average Bonchev–Trinajstić information content (AvgIpc) is 2.38. The van der Waals surface area contributed by atoms with E-state index >= 15 is 0 Å². The molecule has 0 radical (unpaired) electrons. The molecule has 0 aliphatic heterocycles. The van der Waals surface area contributed by atoms with Gasteiger partial charge < -0.3 is 4.90 Å². The summed E-state index contributed by atoms with van der Waals surface area (Å²) < 4.78 is 0. The molecule has 90 valence electrons. The van der Waals surface area contributed by atoms with Crippen LogP contribution in [0.3, 0.4) is 0 Å². The zero-order chi connectivity index (χ0) is 13.0. The molecular formula is C17H17N. The summed E-state index contributed by atoms with van der Waals surface area (Å²) in [6.07, 6.45) is 0. The minimum absolute atomic E-state index is 1.06. The van der Waals surface area contributed by atoms with Crippen LogP contribution in [0.25, 0.3) is 0 Å². The summed E-state index contributed by atoms with van der Waals surface area (Å²) in [6, 6.07) is 16.4. The van der Waals surface area contributed by atoms with Crippen molar-refractivity contribution in [2.75, 3.05) is 19.0 Å². The van der Waals surface area contributed by atoms with E-state index in [9.17, 15) is 0 Å². The maximum atomic E-state index is 3.26. The van der Waals surface area contributed by atoms with Crippen LogP contribution < -0.4 is 4.90 Å².